The van der Waals surface area contributed by atoms with Gasteiger partial charge < -0.3 is 5.32 Å². The van der Waals surface area contributed by atoms with Gasteiger partial charge >= 0.3 is 0 Å². The average molecular weight is 511 g/mol. The molecule has 0 radical (unpaired) electrons. The number of benzene rings is 3. The Morgan fingerprint density at radius 1 is 0.912 bits per heavy atom. The summed E-state index contributed by atoms with van der Waals surface area (Å²) in [4.78, 5) is 12.6. The van der Waals surface area contributed by atoms with Crippen molar-refractivity contribution in [3.8, 4) is 17.1 Å². The fraction of sp³-hybridized carbons (Fsp3) is 0.192. The zero-order chi connectivity index (χ0) is 23.9. The number of halogens is 2. The highest BCUT2D eigenvalue weighted by molar-refractivity contribution is 7.99. The van der Waals surface area contributed by atoms with Crippen molar-refractivity contribution in [3.63, 3.8) is 0 Å². The molecule has 3 aromatic carbocycles. The SMILES string of the molecule is CCCCc1ccc(NC(=O)CSc2nnc(-c3ccc(Cl)cc3)n2-c2ccc(Cl)cc2)cc1. The minimum absolute atomic E-state index is 0.106. The van der Waals surface area contributed by atoms with E-state index < -0.39 is 0 Å². The third kappa shape index (κ3) is 6.20. The van der Waals surface area contributed by atoms with Crippen LogP contribution in [-0.4, -0.2) is 26.4 Å². The third-order valence-electron chi connectivity index (χ3n) is 5.21. The summed E-state index contributed by atoms with van der Waals surface area (Å²) in [6, 6.07) is 22.9. The van der Waals surface area contributed by atoms with E-state index in [1.54, 1.807) is 0 Å². The van der Waals surface area contributed by atoms with Gasteiger partial charge in [-0.25, -0.2) is 0 Å². The Morgan fingerprint density at radius 2 is 1.56 bits per heavy atom. The minimum Gasteiger partial charge on any atom is -0.325 e. The number of rotatable bonds is 9. The summed E-state index contributed by atoms with van der Waals surface area (Å²) in [7, 11) is 0. The summed E-state index contributed by atoms with van der Waals surface area (Å²) in [5.74, 6) is 0.749. The molecular formula is C26H24Cl2N4OS. The monoisotopic (exact) mass is 510 g/mol. The van der Waals surface area contributed by atoms with Crippen molar-refractivity contribution in [3.05, 3.63) is 88.4 Å². The topological polar surface area (TPSA) is 59.8 Å². The van der Waals surface area contributed by atoms with Gasteiger partial charge in [-0.05, 0) is 79.1 Å². The van der Waals surface area contributed by atoms with E-state index in [0.29, 0.717) is 21.0 Å². The summed E-state index contributed by atoms with van der Waals surface area (Å²) >= 11 is 13.5. The van der Waals surface area contributed by atoms with E-state index in [1.807, 2.05) is 65.2 Å². The highest BCUT2D eigenvalue weighted by Gasteiger charge is 2.17. The van der Waals surface area contributed by atoms with Crippen molar-refractivity contribution >= 4 is 46.6 Å². The van der Waals surface area contributed by atoms with Crippen LogP contribution in [0.3, 0.4) is 0 Å². The number of amides is 1. The first-order chi connectivity index (χ1) is 16.5. The van der Waals surface area contributed by atoms with Crippen molar-refractivity contribution in [2.24, 2.45) is 0 Å². The number of thioether (sulfide) groups is 1. The fourth-order valence-electron chi connectivity index (χ4n) is 3.44. The van der Waals surface area contributed by atoms with Crippen LogP contribution in [0, 0.1) is 0 Å². The van der Waals surface area contributed by atoms with Gasteiger partial charge in [0.15, 0.2) is 11.0 Å². The molecule has 0 aliphatic heterocycles. The summed E-state index contributed by atoms with van der Waals surface area (Å²) < 4.78 is 1.92. The molecule has 1 heterocycles. The van der Waals surface area contributed by atoms with Crippen molar-refractivity contribution in [1.29, 1.82) is 0 Å². The first-order valence-corrected chi connectivity index (χ1v) is 12.8. The van der Waals surface area contributed by atoms with Gasteiger partial charge in [-0.1, -0.05) is 60.4 Å². The van der Waals surface area contributed by atoms with Crippen molar-refractivity contribution in [2.45, 2.75) is 31.3 Å². The summed E-state index contributed by atoms with van der Waals surface area (Å²) in [5.41, 5.74) is 3.78. The Morgan fingerprint density at radius 3 is 2.21 bits per heavy atom. The maximum absolute atomic E-state index is 12.6. The molecule has 0 aliphatic rings. The smallest absolute Gasteiger partial charge is 0.234 e. The van der Waals surface area contributed by atoms with Crippen LogP contribution in [-0.2, 0) is 11.2 Å². The molecule has 1 N–H and O–H groups in total. The number of aryl methyl sites for hydroxylation is 1. The lowest BCUT2D eigenvalue weighted by Crippen LogP contribution is -2.14. The Bertz CT molecular complexity index is 1240. The standard InChI is InChI=1S/C26H24Cl2N4OS/c1-2-3-4-18-5-13-22(14-6-18)29-24(33)17-34-26-31-30-25(19-7-9-20(27)10-8-19)32(26)23-15-11-21(28)12-16-23/h5-16H,2-4,17H2,1H3,(H,29,33). The van der Waals surface area contributed by atoms with Crippen molar-refractivity contribution in [1.82, 2.24) is 14.8 Å². The number of unbranched alkanes of at least 4 members (excludes halogenated alkanes) is 1. The summed E-state index contributed by atoms with van der Waals surface area (Å²) in [6.07, 6.45) is 3.38. The Labute approximate surface area is 213 Å². The Balaban J connectivity index is 1.50. The number of anilines is 1. The number of nitrogens with zero attached hydrogens (tertiary/aromatic N) is 3. The second kappa shape index (κ2) is 11.6. The lowest BCUT2D eigenvalue weighted by Gasteiger charge is -2.11. The zero-order valence-electron chi connectivity index (χ0n) is 18.7. The maximum Gasteiger partial charge on any atom is 0.234 e. The molecule has 0 fully saturated rings. The van der Waals surface area contributed by atoms with Crippen LogP contribution in [0.25, 0.3) is 17.1 Å². The van der Waals surface area contributed by atoms with Crippen LogP contribution in [0.15, 0.2) is 78.0 Å². The molecule has 174 valence electrons. The van der Waals surface area contributed by atoms with Gasteiger partial charge in [0.1, 0.15) is 0 Å². The van der Waals surface area contributed by atoms with Gasteiger partial charge in [0, 0.05) is 27.0 Å². The minimum atomic E-state index is -0.106. The van der Waals surface area contributed by atoms with Crippen LogP contribution in [0.2, 0.25) is 10.0 Å². The third-order valence-corrected chi connectivity index (χ3v) is 6.64. The second-order valence-electron chi connectivity index (χ2n) is 7.76. The van der Waals surface area contributed by atoms with Gasteiger partial charge in [0.05, 0.1) is 5.75 Å². The van der Waals surface area contributed by atoms with Gasteiger partial charge in [0.2, 0.25) is 5.91 Å². The Hall–Kier alpha value is -2.80. The second-order valence-corrected chi connectivity index (χ2v) is 9.58. The molecule has 34 heavy (non-hydrogen) atoms. The average Bonchev–Trinajstić information content (AvgIpc) is 3.27. The lowest BCUT2D eigenvalue weighted by atomic mass is 10.1. The molecule has 0 saturated carbocycles. The molecule has 0 spiro atoms. The normalized spacial score (nSPS) is 10.9. The maximum atomic E-state index is 12.6. The van der Waals surface area contributed by atoms with E-state index in [9.17, 15) is 4.79 Å². The van der Waals surface area contributed by atoms with Crippen molar-refractivity contribution in [2.75, 3.05) is 11.1 Å². The van der Waals surface area contributed by atoms with E-state index in [-0.39, 0.29) is 11.7 Å². The fourth-order valence-corrected chi connectivity index (χ4v) is 4.44. The molecule has 4 aromatic rings. The van der Waals surface area contributed by atoms with Crippen molar-refractivity contribution < 1.29 is 4.79 Å². The van der Waals surface area contributed by atoms with E-state index in [1.165, 1.54) is 17.3 Å². The van der Waals surface area contributed by atoms with Gasteiger partial charge in [-0.3, -0.25) is 9.36 Å². The first-order valence-electron chi connectivity index (χ1n) is 11.0. The molecule has 0 atom stereocenters. The molecule has 1 amide bonds. The molecule has 0 unspecified atom stereocenters. The molecule has 4 rings (SSSR count). The predicted octanol–water partition coefficient (Wildman–Crippen LogP) is 7.31. The largest absolute Gasteiger partial charge is 0.325 e. The van der Waals surface area contributed by atoms with E-state index >= 15 is 0 Å². The molecule has 1 aromatic heterocycles. The number of nitrogens with one attached hydrogen (secondary N) is 1. The molecule has 0 saturated heterocycles. The van der Waals surface area contributed by atoms with Crippen LogP contribution in [0.5, 0.6) is 0 Å². The number of hydrogen-bond donors (Lipinski definition) is 1. The molecule has 0 bridgehead atoms. The van der Waals surface area contributed by atoms with E-state index in [0.717, 1.165) is 36.2 Å². The van der Waals surface area contributed by atoms with Crippen LogP contribution < -0.4 is 5.32 Å². The molecule has 5 nitrogen and oxygen atoms in total. The van der Waals surface area contributed by atoms with E-state index in [2.05, 4.69) is 34.6 Å². The van der Waals surface area contributed by atoms with Gasteiger partial charge in [-0.2, -0.15) is 0 Å². The summed E-state index contributed by atoms with van der Waals surface area (Å²) in [6.45, 7) is 2.18. The van der Waals surface area contributed by atoms with Gasteiger partial charge in [0.25, 0.3) is 0 Å². The highest BCUT2D eigenvalue weighted by atomic mass is 35.5. The predicted molar refractivity (Wildman–Crippen MR) is 141 cm³/mol. The van der Waals surface area contributed by atoms with Crippen LogP contribution >= 0.6 is 35.0 Å². The number of aromatic nitrogens is 3. The van der Waals surface area contributed by atoms with Crippen LogP contribution in [0.4, 0.5) is 5.69 Å². The molecule has 0 aliphatic carbocycles. The van der Waals surface area contributed by atoms with Gasteiger partial charge in [-0.15, -0.1) is 10.2 Å². The quantitative estimate of drug-likeness (QED) is 0.239. The zero-order valence-corrected chi connectivity index (χ0v) is 21.0. The number of hydrogen-bond acceptors (Lipinski definition) is 4. The molecule has 8 heteroatoms. The van der Waals surface area contributed by atoms with E-state index in [4.69, 9.17) is 23.2 Å². The lowest BCUT2D eigenvalue weighted by molar-refractivity contribution is -0.113. The first kappa shape index (κ1) is 24.3. The number of carbonyl (C=O) groups is 1. The Kier molecular flexibility index (Phi) is 8.27. The van der Waals surface area contributed by atoms with Crippen LogP contribution in [0.1, 0.15) is 25.3 Å². The molecular weight excluding hydrogens is 487 g/mol. The number of carbonyl (C=O) groups excluding carboxylic acids is 1. The highest BCUT2D eigenvalue weighted by Crippen LogP contribution is 2.29. The summed E-state index contributed by atoms with van der Waals surface area (Å²) in [5, 5.41) is 13.6.